The number of amides is 3. The molecule has 0 atom stereocenters. The molecule has 0 aromatic heterocycles. The van der Waals surface area contributed by atoms with Crippen LogP contribution in [0.25, 0.3) is 0 Å². The fraction of sp³-hybridized carbons (Fsp3) is 0.318. The van der Waals surface area contributed by atoms with Crippen LogP contribution in [0.3, 0.4) is 0 Å². The zero-order chi connectivity index (χ0) is 23.9. The van der Waals surface area contributed by atoms with Crippen molar-refractivity contribution in [2.45, 2.75) is 39.3 Å². The highest BCUT2D eigenvalue weighted by atomic mass is 19.2. The highest BCUT2D eigenvalue weighted by molar-refractivity contribution is 5.95. The van der Waals surface area contributed by atoms with Crippen molar-refractivity contribution in [1.29, 1.82) is 0 Å². The molecule has 3 amide bonds. The van der Waals surface area contributed by atoms with Crippen LogP contribution in [0.2, 0.25) is 0 Å². The van der Waals surface area contributed by atoms with Gasteiger partial charge >= 0.3 is 6.09 Å². The van der Waals surface area contributed by atoms with Crippen LogP contribution in [0.1, 0.15) is 43.1 Å². The highest BCUT2D eigenvalue weighted by Crippen LogP contribution is 2.17. The van der Waals surface area contributed by atoms with Crippen molar-refractivity contribution in [2.75, 3.05) is 11.9 Å². The molecule has 0 fully saturated rings. The number of hydrogen-bond acceptors (Lipinski definition) is 4. The molecule has 0 radical (unpaired) electrons. The van der Waals surface area contributed by atoms with Gasteiger partial charge in [0.15, 0.2) is 17.5 Å². The van der Waals surface area contributed by atoms with E-state index in [1.165, 1.54) is 0 Å². The first kappa shape index (κ1) is 24.7. The van der Waals surface area contributed by atoms with E-state index in [1.54, 1.807) is 45.0 Å². The molecule has 0 aliphatic carbocycles. The van der Waals surface area contributed by atoms with Gasteiger partial charge in [-0.3, -0.25) is 9.59 Å². The monoisotopic (exact) mass is 451 g/mol. The molecular formula is C22H24F3N3O4. The average molecular weight is 451 g/mol. The standard InChI is InChI=1S/C22H24F3N3O4/c1-22(2,3)32-21(31)26-11-10-17(29)28-16-7-5-4-6-13(16)12-27-20(30)14-8-9-15(23)19(25)18(14)24/h4-9H,10-12H2,1-3H3,(H,26,31)(H,27,30)(H,28,29). The maximum absolute atomic E-state index is 13.8. The van der Waals surface area contributed by atoms with Crippen LogP contribution >= 0.6 is 0 Å². The molecule has 0 bridgehead atoms. The van der Waals surface area contributed by atoms with Crippen molar-refractivity contribution in [2.24, 2.45) is 0 Å². The third kappa shape index (κ3) is 7.29. The first-order valence-corrected chi connectivity index (χ1v) is 9.74. The van der Waals surface area contributed by atoms with Gasteiger partial charge in [-0.25, -0.2) is 18.0 Å². The predicted octanol–water partition coefficient (Wildman–Crippen LogP) is 3.89. The summed E-state index contributed by atoms with van der Waals surface area (Å²) in [7, 11) is 0. The number of anilines is 1. The van der Waals surface area contributed by atoms with Crippen LogP contribution < -0.4 is 16.0 Å². The van der Waals surface area contributed by atoms with Crippen LogP contribution in [-0.2, 0) is 16.1 Å². The van der Waals surface area contributed by atoms with Gasteiger partial charge in [0.25, 0.3) is 5.91 Å². The molecular weight excluding hydrogens is 427 g/mol. The highest BCUT2D eigenvalue weighted by Gasteiger charge is 2.19. The fourth-order valence-corrected chi connectivity index (χ4v) is 2.57. The first-order valence-electron chi connectivity index (χ1n) is 9.74. The number of para-hydroxylation sites is 1. The van der Waals surface area contributed by atoms with Gasteiger partial charge < -0.3 is 20.7 Å². The van der Waals surface area contributed by atoms with E-state index < -0.39 is 46.5 Å². The Morgan fingerprint density at radius 3 is 2.31 bits per heavy atom. The minimum Gasteiger partial charge on any atom is -0.444 e. The van der Waals surface area contributed by atoms with Gasteiger partial charge in [-0.05, 0) is 44.5 Å². The summed E-state index contributed by atoms with van der Waals surface area (Å²) < 4.78 is 45.2. The predicted molar refractivity (Wildman–Crippen MR) is 111 cm³/mol. The van der Waals surface area contributed by atoms with Gasteiger partial charge in [-0.2, -0.15) is 0 Å². The quantitative estimate of drug-likeness (QED) is 0.557. The molecule has 3 N–H and O–H groups in total. The van der Waals surface area contributed by atoms with E-state index in [9.17, 15) is 27.6 Å². The number of carbonyl (C=O) groups is 3. The van der Waals surface area contributed by atoms with E-state index in [0.29, 0.717) is 17.3 Å². The maximum atomic E-state index is 13.8. The van der Waals surface area contributed by atoms with Crippen molar-refractivity contribution < 1.29 is 32.3 Å². The van der Waals surface area contributed by atoms with E-state index in [1.807, 2.05) is 0 Å². The third-order valence-corrected chi connectivity index (χ3v) is 4.03. The number of ether oxygens (including phenoxy) is 1. The minimum atomic E-state index is -1.73. The van der Waals surface area contributed by atoms with Crippen molar-refractivity contribution in [3.05, 3.63) is 65.0 Å². The smallest absolute Gasteiger partial charge is 0.407 e. The Labute approximate surface area is 183 Å². The topological polar surface area (TPSA) is 96.5 Å². The zero-order valence-corrected chi connectivity index (χ0v) is 17.9. The molecule has 172 valence electrons. The van der Waals surface area contributed by atoms with Crippen LogP contribution in [0.4, 0.5) is 23.7 Å². The summed E-state index contributed by atoms with van der Waals surface area (Å²) >= 11 is 0. The molecule has 2 aromatic rings. The van der Waals surface area contributed by atoms with Gasteiger partial charge in [0.2, 0.25) is 5.91 Å². The van der Waals surface area contributed by atoms with Crippen LogP contribution in [0.5, 0.6) is 0 Å². The molecule has 32 heavy (non-hydrogen) atoms. The van der Waals surface area contributed by atoms with E-state index in [0.717, 1.165) is 6.07 Å². The molecule has 0 saturated carbocycles. The van der Waals surface area contributed by atoms with Crippen molar-refractivity contribution >= 4 is 23.6 Å². The van der Waals surface area contributed by atoms with Crippen molar-refractivity contribution in [3.63, 3.8) is 0 Å². The molecule has 0 aliphatic heterocycles. The van der Waals surface area contributed by atoms with Crippen LogP contribution in [-0.4, -0.2) is 30.1 Å². The molecule has 0 saturated heterocycles. The first-order chi connectivity index (χ1) is 15.0. The second-order valence-electron chi connectivity index (χ2n) is 7.79. The molecule has 0 aliphatic rings. The lowest BCUT2D eigenvalue weighted by atomic mass is 10.1. The Balaban J connectivity index is 1.92. The van der Waals surface area contributed by atoms with E-state index in [-0.39, 0.29) is 19.5 Å². The summed E-state index contributed by atoms with van der Waals surface area (Å²) in [6.45, 7) is 5.10. The Morgan fingerprint density at radius 2 is 1.62 bits per heavy atom. The van der Waals surface area contributed by atoms with Crippen LogP contribution in [0, 0.1) is 17.5 Å². The summed E-state index contributed by atoms with van der Waals surface area (Å²) in [5.74, 6) is -6.05. The van der Waals surface area contributed by atoms with Gasteiger partial charge in [0.05, 0.1) is 5.56 Å². The van der Waals surface area contributed by atoms with Gasteiger partial charge in [0.1, 0.15) is 5.60 Å². The number of hydrogen-bond donors (Lipinski definition) is 3. The number of benzene rings is 2. The third-order valence-electron chi connectivity index (χ3n) is 4.03. The Morgan fingerprint density at radius 1 is 0.938 bits per heavy atom. The molecule has 10 heteroatoms. The largest absolute Gasteiger partial charge is 0.444 e. The second-order valence-corrected chi connectivity index (χ2v) is 7.79. The summed E-state index contributed by atoms with van der Waals surface area (Å²) in [5, 5.41) is 7.53. The number of alkyl carbamates (subject to hydrolysis) is 1. The zero-order valence-electron chi connectivity index (χ0n) is 17.9. The summed E-state index contributed by atoms with van der Waals surface area (Å²) in [6, 6.07) is 8.05. The summed E-state index contributed by atoms with van der Waals surface area (Å²) in [6.07, 6.45) is -0.669. The Kier molecular flexibility index (Phi) is 8.22. The van der Waals surface area contributed by atoms with E-state index in [4.69, 9.17) is 4.74 Å². The second kappa shape index (κ2) is 10.7. The molecule has 2 rings (SSSR count). The summed E-state index contributed by atoms with van der Waals surface area (Å²) in [4.78, 5) is 36.0. The average Bonchev–Trinajstić information content (AvgIpc) is 2.70. The maximum Gasteiger partial charge on any atom is 0.407 e. The number of carbonyl (C=O) groups excluding carboxylic acids is 3. The fourth-order valence-electron chi connectivity index (χ4n) is 2.57. The van der Waals surface area contributed by atoms with Gasteiger partial charge in [-0.15, -0.1) is 0 Å². The number of nitrogens with one attached hydrogen (secondary N) is 3. The lowest BCUT2D eigenvalue weighted by Crippen LogP contribution is -2.34. The normalized spacial score (nSPS) is 10.9. The minimum absolute atomic E-state index is 0.0278. The Hall–Kier alpha value is -3.56. The van der Waals surface area contributed by atoms with E-state index in [2.05, 4.69) is 16.0 Å². The van der Waals surface area contributed by atoms with Gasteiger partial charge in [-0.1, -0.05) is 18.2 Å². The van der Waals surface area contributed by atoms with Crippen molar-refractivity contribution in [1.82, 2.24) is 10.6 Å². The molecule has 2 aromatic carbocycles. The Bertz CT molecular complexity index is 1010. The van der Waals surface area contributed by atoms with Crippen molar-refractivity contribution in [3.8, 4) is 0 Å². The SMILES string of the molecule is CC(C)(C)OC(=O)NCCC(=O)Nc1ccccc1CNC(=O)c1ccc(F)c(F)c1F. The lowest BCUT2D eigenvalue weighted by Gasteiger charge is -2.19. The summed E-state index contributed by atoms with van der Waals surface area (Å²) in [5.41, 5.74) is -0.407. The van der Waals surface area contributed by atoms with Crippen LogP contribution in [0.15, 0.2) is 36.4 Å². The lowest BCUT2D eigenvalue weighted by molar-refractivity contribution is -0.116. The van der Waals surface area contributed by atoms with Gasteiger partial charge in [0, 0.05) is 25.2 Å². The molecule has 0 unspecified atom stereocenters. The van der Waals surface area contributed by atoms with E-state index >= 15 is 0 Å². The number of rotatable bonds is 7. The molecule has 0 spiro atoms. The number of halogens is 3. The molecule has 7 nitrogen and oxygen atoms in total. The molecule has 0 heterocycles.